The fraction of sp³-hybridized carbons (Fsp3) is 0.222. The number of hydrogen-bond acceptors (Lipinski definition) is 3. The van der Waals surface area contributed by atoms with E-state index in [1.165, 1.54) is 0 Å². The second-order valence-corrected chi connectivity index (χ2v) is 8.48. The summed E-state index contributed by atoms with van der Waals surface area (Å²) < 4.78 is 2.09. The van der Waals surface area contributed by atoms with Crippen LogP contribution in [0.2, 0.25) is 0 Å². The lowest BCUT2D eigenvalue weighted by Crippen LogP contribution is -2.43. The van der Waals surface area contributed by atoms with Gasteiger partial charge in [0.25, 0.3) is 5.91 Å². The second-order valence-electron chi connectivity index (χ2n) is 8.48. The van der Waals surface area contributed by atoms with Crippen LogP contribution in [0, 0.1) is 12.8 Å². The minimum atomic E-state index is -0.217. The van der Waals surface area contributed by atoms with Crippen molar-refractivity contribution in [3.05, 3.63) is 90.3 Å². The lowest BCUT2D eigenvalue weighted by molar-refractivity contribution is -0.121. The summed E-state index contributed by atoms with van der Waals surface area (Å²) in [5.74, 6) is 0.565. The Morgan fingerprint density at radius 3 is 2.45 bits per heavy atom. The number of hydrogen-bond donors (Lipinski definition) is 1. The number of nitrogens with one attached hydrogen (secondary N) is 1. The molecule has 0 unspecified atom stereocenters. The average Bonchev–Trinajstić information content (AvgIpc) is 3.19. The minimum Gasteiger partial charge on any atom is -0.338 e. The van der Waals surface area contributed by atoms with Crippen LogP contribution in [0.25, 0.3) is 16.7 Å². The Bertz CT molecular complexity index is 1300. The van der Waals surface area contributed by atoms with Crippen molar-refractivity contribution in [2.75, 3.05) is 18.4 Å². The number of likely N-dealkylation sites (tertiary alicyclic amines) is 1. The van der Waals surface area contributed by atoms with Crippen LogP contribution in [0.3, 0.4) is 0 Å². The number of aryl methyl sites for hydroxylation is 1. The van der Waals surface area contributed by atoms with Gasteiger partial charge in [-0.25, -0.2) is 4.98 Å². The van der Waals surface area contributed by atoms with Crippen molar-refractivity contribution in [1.82, 2.24) is 14.5 Å². The Morgan fingerprint density at radius 2 is 1.70 bits per heavy atom. The molecule has 0 saturated carbocycles. The highest BCUT2D eigenvalue weighted by atomic mass is 16.2. The number of fused-ring (bicyclic) bond motifs is 1. The molecule has 2 heterocycles. The molecular formula is C27H26N4O2. The molecule has 0 aliphatic carbocycles. The first kappa shape index (κ1) is 20.9. The maximum absolute atomic E-state index is 13.3. The van der Waals surface area contributed by atoms with Gasteiger partial charge in [-0.2, -0.15) is 0 Å². The van der Waals surface area contributed by atoms with Crippen LogP contribution in [0.1, 0.15) is 29.0 Å². The lowest BCUT2D eigenvalue weighted by atomic mass is 9.96. The molecule has 1 aliphatic rings. The fourth-order valence-corrected chi connectivity index (χ4v) is 4.56. The molecule has 1 saturated heterocycles. The van der Waals surface area contributed by atoms with Crippen LogP contribution in [0.4, 0.5) is 5.69 Å². The first-order chi connectivity index (χ1) is 16.1. The van der Waals surface area contributed by atoms with E-state index < -0.39 is 0 Å². The number of amides is 2. The topological polar surface area (TPSA) is 67.2 Å². The van der Waals surface area contributed by atoms with Gasteiger partial charge < -0.3 is 10.2 Å². The Balaban J connectivity index is 1.34. The maximum Gasteiger partial charge on any atom is 0.253 e. The highest BCUT2D eigenvalue weighted by Gasteiger charge is 2.29. The molecule has 6 nitrogen and oxygen atoms in total. The van der Waals surface area contributed by atoms with E-state index in [1.54, 1.807) is 4.90 Å². The number of carbonyl (C=O) groups is 2. The third kappa shape index (κ3) is 4.24. The molecule has 1 N–H and O–H groups in total. The van der Waals surface area contributed by atoms with Gasteiger partial charge in [-0.3, -0.25) is 14.2 Å². The van der Waals surface area contributed by atoms with E-state index in [0.717, 1.165) is 41.1 Å². The van der Waals surface area contributed by atoms with Gasteiger partial charge in [0.05, 0.1) is 17.0 Å². The van der Waals surface area contributed by atoms with Gasteiger partial charge in [0.2, 0.25) is 5.91 Å². The number of anilines is 1. The summed E-state index contributed by atoms with van der Waals surface area (Å²) in [6.07, 6.45) is 1.59. The lowest BCUT2D eigenvalue weighted by Gasteiger charge is -2.32. The summed E-state index contributed by atoms with van der Waals surface area (Å²) in [6.45, 7) is 3.05. The largest absolute Gasteiger partial charge is 0.338 e. The number of imidazole rings is 1. The van der Waals surface area contributed by atoms with Crippen molar-refractivity contribution in [3.8, 4) is 5.69 Å². The molecular weight excluding hydrogens is 412 g/mol. The molecule has 3 aromatic carbocycles. The van der Waals surface area contributed by atoms with Crippen molar-refractivity contribution in [2.45, 2.75) is 19.8 Å². The number of carbonyl (C=O) groups excluding carboxylic acids is 2. The molecule has 166 valence electrons. The number of aromatic nitrogens is 2. The molecule has 1 aliphatic heterocycles. The highest BCUT2D eigenvalue weighted by molar-refractivity contribution is 5.98. The van der Waals surface area contributed by atoms with Gasteiger partial charge >= 0.3 is 0 Å². The van der Waals surface area contributed by atoms with E-state index in [1.807, 2.05) is 85.8 Å². The van der Waals surface area contributed by atoms with Crippen molar-refractivity contribution in [2.24, 2.45) is 5.92 Å². The second kappa shape index (κ2) is 8.90. The molecule has 33 heavy (non-hydrogen) atoms. The van der Waals surface area contributed by atoms with Gasteiger partial charge in [0.15, 0.2) is 0 Å². The van der Waals surface area contributed by atoms with Crippen LogP contribution in [-0.2, 0) is 4.79 Å². The van der Waals surface area contributed by atoms with E-state index >= 15 is 0 Å². The van der Waals surface area contributed by atoms with E-state index in [2.05, 4.69) is 9.88 Å². The summed E-state index contributed by atoms with van der Waals surface area (Å²) in [7, 11) is 0. The summed E-state index contributed by atoms with van der Waals surface area (Å²) in [6, 6.07) is 25.2. The van der Waals surface area contributed by atoms with Gasteiger partial charge in [-0.1, -0.05) is 36.4 Å². The Hall–Kier alpha value is -3.93. The predicted octanol–water partition coefficient (Wildman–Crippen LogP) is 4.82. The van der Waals surface area contributed by atoms with Crippen LogP contribution in [0.15, 0.2) is 78.9 Å². The van der Waals surface area contributed by atoms with Crippen LogP contribution >= 0.6 is 0 Å². The molecule has 4 aromatic rings. The van der Waals surface area contributed by atoms with Crippen molar-refractivity contribution in [1.29, 1.82) is 0 Å². The fourth-order valence-electron chi connectivity index (χ4n) is 4.56. The zero-order valence-electron chi connectivity index (χ0n) is 18.6. The number of rotatable bonds is 4. The number of benzene rings is 3. The van der Waals surface area contributed by atoms with E-state index in [9.17, 15) is 9.59 Å². The smallest absolute Gasteiger partial charge is 0.253 e. The standard InChI is InChI=1S/C27H26N4O2/c1-19-28-24-17-20(14-15-25(24)31(19)23-12-6-3-7-13-23)27(33)30-16-8-9-21(18-30)26(32)29-22-10-4-2-5-11-22/h2-7,10-15,17,21H,8-9,16,18H2,1H3,(H,29,32)/t21-/m0/s1. The maximum atomic E-state index is 13.3. The summed E-state index contributed by atoms with van der Waals surface area (Å²) >= 11 is 0. The first-order valence-corrected chi connectivity index (χ1v) is 11.3. The molecule has 2 amide bonds. The Morgan fingerprint density at radius 1 is 0.970 bits per heavy atom. The molecule has 0 radical (unpaired) electrons. The van der Waals surface area contributed by atoms with Gasteiger partial charge in [-0.15, -0.1) is 0 Å². The van der Waals surface area contributed by atoms with Crippen LogP contribution in [0.5, 0.6) is 0 Å². The van der Waals surface area contributed by atoms with Crippen molar-refractivity contribution < 1.29 is 9.59 Å². The Labute approximate surface area is 192 Å². The third-order valence-electron chi connectivity index (χ3n) is 6.20. The molecule has 6 heteroatoms. The predicted molar refractivity (Wildman–Crippen MR) is 130 cm³/mol. The monoisotopic (exact) mass is 438 g/mol. The highest BCUT2D eigenvalue weighted by Crippen LogP contribution is 2.25. The van der Waals surface area contributed by atoms with E-state index in [4.69, 9.17) is 4.98 Å². The number of para-hydroxylation sites is 2. The van der Waals surface area contributed by atoms with Crippen molar-refractivity contribution in [3.63, 3.8) is 0 Å². The zero-order valence-corrected chi connectivity index (χ0v) is 18.6. The van der Waals surface area contributed by atoms with E-state index in [0.29, 0.717) is 18.7 Å². The molecule has 5 rings (SSSR count). The Kier molecular flexibility index (Phi) is 5.65. The molecule has 1 atom stereocenters. The van der Waals surface area contributed by atoms with Gasteiger partial charge in [0, 0.05) is 30.0 Å². The number of piperidine rings is 1. The zero-order chi connectivity index (χ0) is 22.8. The quantitative estimate of drug-likeness (QED) is 0.497. The molecule has 0 bridgehead atoms. The third-order valence-corrected chi connectivity index (χ3v) is 6.20. The van der Waals surface area contributed by atoms with Crippen LogP contribution in [-0.4, -0.2) is 39.4 Å². The molecule has 1 aromatic heterocycles. The minimum absolute atomic E-state index is 0.0358. The molecule has 0 spiro atoms. The SMILES string of the molecule is Cc1nc2cc(C(=O)N3CCC[C@H](C(=O)Nc4ccccc4)C3)ccc2n1-c1ccccc1. The number of nitrogens with zero attached hydrogens (tertiary/aromatic N) is 3. The normalized spacial score (nSPS) is 16.0. The summed E-state index contributed by atoms with van der Waals surface area (Å²) in [5, 5.41) is 2.97. The van der Waals surface area contributed by atoms with E-state index in [-0.39, 0.29) is 17.7 Å². The van der Waals surface area contributed by atoms with Gasteiger partial charge in [0.1, 0.15) is 5.82 Å². The summed E-state index contributed by atoms with van der Waals surface area (Å²) in [5.41, 5.74) is 4.18. The van der Waals surface area contributed by atoms with Crippen molar-refractivity contribution >= 4 is 28.5 Å². The average molecular weight is 439 g/mol. The summed E-state index contributed by atoms with van der Waals surface area (Å²) in [4.78, 5) is 32.5. The van der Waals surface area contributed by atoms with Crippen LogP contribution < -0.4 is 5.32 Å². The van der Waals surface area contributed by atoms with Gasteiger partial charge in [-0.05, 0) is 62.2 Å². The first-order valence-electron chi connectivity index (χ1n) is 11.3. The molecule has 1 fully saturated rings.